The Bertz CT molecular complexity index is 899. The van der Waals surface area contributed by atoms with Crippen LogP contribution in [0.25, 0.3) is 0 Å². The van der Waals surface area contributed by atoms with Crippen molar-refractivity contribution in [2.45, 2.75) is 49.6 Å². The fourth-order valence-corrected chi connectivity index (χ4v) is 4.95. The minimum Gasteiger partial charge on any atom is -0.477 e. The molecule has 0 atom stereocenters. The van der Waals surface area contributed by atoms with E-state index in [0.29, 0.717) is 48.0 Å². The molecule has 1 fully saturated rings. The lowest BCUT2D eigenvalue weighted by Gasteiger charge is -2.29. The summed E-state index contributed by atoms with van der Waals surface area (Å²) < 4.78 is 39.2. The van der Waals surface area contributed by atoms with Crippen LogP contribution in [0.3, 0.4) is 0 Å². The molecule has 0 unspecified atom stereocenters. The number of nitrogens with one attached hydrogen (secondary N) is 1. The molecular weight excluding hydrogens is 390 g/mol. The fourth-order valence-electron chi connectivity index (χ4n) is 3.15. The molecule has 0 aliphatic heterocycles. The van der Waals surface area contributed by atoms with Crippen LogP contribution in [0.4, 0.5) is 0 Å². The Morgan fingerprint density at radius 2 is 1.78 bits per heavy atom. The lowest BCUT2D eigenvalue weighted by Crippen LogP contribution is -2.40. The maximum Gasteiger partial charge on any atom is 0.278 e. The van der Waals surface area contributed by atoms with Crippen molar-refractivity contribution >= 4 is 21.6 Å². The van der Waals surface area contributed by atoms with Crippen LogP contribution >= 0.6 is 11.6 Å². The Kier molecular flexibility index (Phi) is 6.18. The van der Waals surface area contributed by atoms with Crippen molar-refractivity contribution in [2.24, 2.45) is 0 Å². The highest BCUT2D eigenvalue weighted by atomic mass is 35.5. The van der Waals surface area contributed by atoms with Gasteiger partial charge in [0.25, 0.3) is 11.8 Å². The van der Waals surface area contributed by atoms with Gasteiger partial charge < -0.3 is 9.47 Å². The molecule has 0 amide bonds. The third kappa shape index (κ3) is 4.69. The quantitative estimate of drug-likeness (QED) is 0.785. The fraction of sp³-hybridized carbons (Fsp3) is 0.444. The molecule has 2 aromatic rings. The van der Waals surface area contributed by atoms with Gasteiger partial charge in [-0.15, -0.1) is 0 Å². The third-order valence-corrected chi connectivity index (χ3v) is 6.68. The number of ether oxygens (including phenoxy) is 2. The van der Waals surface area contributed by atoms with E-state index in [1.54, 1.807) is 31.3 Å². The highest BCUT2D eigenvalue weighted by Crippen LogP contribution is 2.28. The first-order valence-corrected chi connectivity index (χ1v) is 10.6. The van der Waals surface area contributed by atoms with Crippen LogP contribution in [-0.4, -0.2) is 37.6 Å². The average molecular weight is 412 g/mol. The summed E-state index contributed by atoms with van der Waals surface area (Å²) in [5, 5.41) is 0.438. The van der Waals surface area contributed by atoms with E-state index in [-0.39, 0.29) is 17.0 Å². The van der Waals surface area contributed by atoms with Crippen molar-refractivity contribution in [1.29, 1.82) is 0 Å². The highest BCUT2D eigenvalue weighted by Gasteiger charge is 2.28. The molecule has 1 saturated carbocycles. The topological polar surface area (TPSA) is 90.4 Å². The van der Waals surface area contributed by atoms with E-state index in [1.165, 1.54) is 13.3 Å². The zero-order valence-electron chi connectivity index (χ0n) is 15.2. The number of hydrogen-bond donors (Lipinski definition) is 1. The van der Waals surface area contributed by atoms with Gasteiger partial charge in [0, 0.05) is 23.5 Å². The van der Waals surface area contributed by atoms with Crippen molar-refractivity contribution in [3.8, 4) is 11.8 Å². The summed E-state index contributed by atoms with van der Waals surface area (Å²) in [6.45, 7) is 1.70. The maximum atomic E-state index is 12.7. The van der Waals surface area contributed by atoms with E-state index in [2.05, 4.69) is 14.7 Å². The van der Waals surface area contributed by atoms with Gasteiger partial charge >= 0.3 is 0 Å². The molecule has 9 heteroatoms. The van der Waals surface area contributed by atoms with Crippen LogP contribution in [0.1, 0.15) is 31.2 Å². The first kappa shape index (κ1) is 19.9. The van der Waals surface area contributed by atoms with Crippen LogP contribution in [0, 0.1) is 6.92 Å². The second-order valence-corrected chi connectivity index (χ2v) is 8.54. The van der Waals surface area contributed by atoms with Crippen molar-refractivity contribution < 1.29 is 17.9 Å². The molecule has 3 rings (SSSR count). The van der Waals surface area contributed by atoms with E-state index >= 15 is 0 Å². The number of aromatic nitrogens is 2. The van der Waals surface area contributed by atoms with Crippen LogP contribution in [0.2, 0.25) is 5.02 Å². The van der Waals surface area contributed by atoms with Gasteiger partial charge in [0.2, 0.25) is 10.0 Å². The minimum absolute atomic E-state index is 0.0516. The first-order chi connectivity index (χ1) is 12.9. The molecule has 146 valence electrons. The molecule has 1 N–H and O–H groups in total. The first-order valence-electron chi connectivity index (χ1n) is 8.70. The molecule has 0 radical (unpaired) electrons. The number of hydrogen-bond acceptors (Lipinski definition) is 6. The van der Waals surface area contributed by atoms with Crippen LogP contribution in [0.15, 0.2) is 35.5 Å². The van der Waals surface area contributed by atoms with E-state index in [9.17, 15) is 8.42 Å². The Labute approximate surface area is 164 Å². The molecule has 0 spiro atoms. The molecule has 7 nitrogen and oxygen atoms in total. The lowest BCUT2D eigenvalue weighted by molar-refractivity contribution is 0.132. The van der Waals surface area contributed by atoms with E-state index in [4.69, 9.17) is 21.1 Å². The summed E-state index contributed by atoms with van der Waals surface area (Å²) in [7, 11) is -2.10. The van der Waals surface area contributed by atoms with Crippen LogP contribution in [-0.2, 0) is 10.0 Å². The van der Waals surface area contributed by atoms with Crippen LogP contribution in [0.5, 0.6) is 11.8 Å². The van der Waals surface area contributed by atoms with Gasteiger partial charge in [-0.3, -0.25) is 0 Å². The van der Waals surface area contributed by atoms with Crippen molar-refractivity contribution in [2.75, 3.05) is 7.11 Å². The summed E-state index contributed by atoms with van der Waals surface area (Å²) in [6.07, 6.45) is 5.80. The molecule has 1 aromatic heterocycles. The van der Waals surface area contributed by atoms with Gasteiger partial charge in [-0.25, -0.2) is 23.1 Å². The Morgan fingerprint density at radius 1 is 1.11 bits per heavy atom. The Morgan fingerprint density at radius 3 is 2.44 bits per heavy atom. The van der Waals surface area contributed by atoms with Gasteiger partial charge in [0.05, 0.1) is 12.0 Å². The number of methoxy groups -OCH3 is 1. The largest absolute Gasteiger partial charge is 0.477 e. The van der Waals surface area contributed by atoms with Crippen molar-refractivity contribution in [3.05, 3.63) is 41.2 Å². The smallest absolute Gasteiger partial charge is 0.278 e. The molecule has 1 aliphatic rings. The summed E-state index contributed by atoms with van der Waals surface area (Å²) in [6, 6.07) is 4.75. The van der Waals surface area contributed by atoms with Crippen LogP contribution < -0.4 is 14.2 Å². The highest BCUT2D eigenvalue weighted by molar-refractivity contribution is 7.89. The lowest BCUT2D eigenvalue weighted by atomic mass is 9.94. The van der Waals surface area contributed by atoms with E-state index in [0.717, 1.165) is 0 Å². The molecule has 1 aliphatic carbocycles. The Hall–Kier alpha value is -1.90. The van der Waals surface area contributed by atoms with E-state index in [1.807, 2.05) is 0 Å². The SMILES string of the molecule is COc1nccnc1OC1CCC(NS(=O)(=O)c2cccc(Cl)c2C)CC1. The van der Waals surface area contributed by atoms with Crippen molar-refractivity contribution in [1.82, 2.24) is 14.7 Å². The number of rotatable bonds is 6. The maximum absolute atomic E-state index is 12.7. The van der Waals surface area contributed by atoms with E-state index < -0.39 is 10.0 Å². The second-order valence-electron chi connectivity index (χ2n) is 6.45. The summed E-state index contributed by atoms with van der Waals surface area (Å²) in [5.74, 6) is 0.704. The number of halogens is 1. The monoisotopic (exact) mass is 411 g/mol. The number of sulfonamides is 1. The summed E-state index contributed by atoms with van der Waals surface area (Å²) in [4.78, 5) is 8.43. The van der Waals surface area contributed by atoms with Gasteiger partial charge in [-0.1, -0.05) is 17.7 Å². The molecule has 1 heterocycles. The predicted molar refractivity (Wildman–Crippen MR) is 102 cm³/mol. The number of nitrogens with zero attached hydrogens (tertiary/aromatic N) is 2. The second kappa shape index (κ2) is 8.41. The number of benzene rings is 1. The molecule has 27 heavy (non-hydrogen) atoms. The third-order valence-electron chi connectivity index (χ3n) is 4.61. The Balaban J connectivity index is 1.60. The molecule has 0 bridgehead atoms. The normalized spacial score (nSPS) is 20.3. The van der Waals surface area contributed by atoms with Crippen molar-refractivity contribution in [3.63, 3.8) is 0 Å². The van der Waals surface area contributed by atoms with Gasteiger partial charge in [-0.05, 0) is 50.3 Å². The minimum atomic E-state index is -3.62. The zero-order chi connectivity index (χ0) is 19.4. The molecule has 0 saturated heterocycles. The predicted octanol–water partition coefficient (Wildman–Crippen LogP) is 3.12. The average Bonchev–Trinajstić information content (AvgIpc) is 2.65. The summed E-state index contributed by atoms with van der Waals surface area (Å²) >= 11 is 6.05. The van der Waals surface area contributed by atoms with Gasteiger partial charge in [0.1, 0.15) is 6.10 Å². The molecular formula is C18H22ClN3O4S. The van der Waals surface area contributed by atoms with Gasteiger partial charge in [-0.2, -0.15) is 0 Å². The molecule has 1 aromatic carbocycles. The standard InChI is InChI=1S/C18H22ClN3O4S/c1-12-15(19)4-3-5-16(12)27(23,24)22-13-6-8-14(9-7-13)26-18-17(25-2)20-10-11-21-18/h3-5,10-11,13-14,22H,6-9H2,1-2H3. The van der Waals surface area contributed by atoms with Gasteiger partial charge in [0.15, 0.2) is 0 Å². The summed E-state index contributed by atoms with van der Waals surface area (Å²) in [5.41, 5.74) is 0.554. The zero-order valence-corrected chi connectivity index (χ0v) is 16.8.